The Labute approximate surface area is 111 Å². The predicted molar refractivity (Wildman–Crippen MR) is 64.3 cm³/mol. The van der Waals surface area contributed by atoms with E-state index in [4.69, 9.17) is 24.1 Å². The molecule has 2 N–H and O–H groups in total. The Balaban J connectivity index is 2.89. The second-order valence-corrected chi connectivity index (χ2v) is 4.11. The lowest BCUT2D eigenvalue weighted by molar-refractivity contribution is -0.303. The molecule has 1 saturated heterocycles. The van der Waals surface area contributed by atoms with E-state index in [1.807, 2.05) is 0 Å². The van der Waals surface area contributed by atoms with Gasteiger partial charge in [-0.1, -0.05) is 6.08 Å². The maximum Gasteiger partial charge on any atom is 0.303 e. The number of methoxy groups -OCH3 is 1. The number of rotatable bonds is 6. The zero-order valence-electron chi connectivity index (χ0n) is 11.0. The Bertz CT molecular complexity index is 306. The van der Waals surface area contributed by atoms with E-state index in [2.05, 4.69) is 6.58 Å². The number of aliphatic hydroxyl groups excluding tert-OH is 2. The van der Waals surface area contributed by atoms with Gasteiger partial charge >= 0.3 is 5.97 Å². The maximum atomic E-state index is 11.1. The minimum Gasteiger partial charge on any atom is -0.454 e. The van der Waals surface area contributed by atoms with Gasteiger partial charge in [-0.25, -0.2) is 0 Å². The van der Waals surface area contributed by atoms with E-state index in [1.165, 1.54) is 20.1 Å². The van der Waals surface area contributed by atoms with Gasteiger partial charge in [0.15, 0.2) is 12.4 Å². The normalized spacial score (nSPS) is 34.8. The molecule has 0 bridgehead atoms. The van der Waals surface area contributed by atoms with Gasteiger partial charge in [0.05, 0.1) is 13.2 Å². The van der Waals surface area contributed by atoms with Crippen LogP contribution in [0, 0.1) is 0 Å². The van der Waals surface area contributed by atoms with E-state index in [0.29, 0.717) is 0 Å². The molecule has 1 rings (SSSR count). The molecule has 19 heavy (non-hydrogen) atoms. The molecule has 1 aliphatic rings. The van der Waals surface area contributed by atoms with Crippen LogP contribution in [0.4, 0.5) is 0 Å². The van der Waals surface area contributed by atoms with Gasteiger partial charge in [-0.2, -0.15) is 0 Å². The lowest BCUT2D eigenvalue weighted by atomic mass is 9.98. The van der Waals surface area contributed by atoms with Crippen molar-refractivity contribution in [2.75, 3.05) is 20.3 Å². The van der Waals surface area contributed by atoms with Crippen molar-refractivity contribution >= 4 is 5.97 Å². The van der Waals surface area contributed by atoms with Crippen LogP contribution in [0.3, 0.4) is 0 Å². The summed E-state index contributed by atoms with van der Waals surface area (Å²) in [5.74, 6) is -0.544. The van der Waals surface area contributed by atoms with Crippen molar-refractivity contribution in [2.24, 2.45) is 0 Å². The van der Waals surface area contributed by atoms with Crippen LogP contribution in [0.2, 0.25) is 0 Å². The molecular formula is C12H20O7. The number of esters is 1. The summed E-state index contributed by atoms with van der Waals surface area (Å²) in [5, 5.41) is 19.2. The highest BCUT2D eigenvalue weighted by Gasteiger charge is 2.47. The minimum absolute atomic E-state index is 0.161. The van der Waals surface area contributed by atoms with Gasteiger partial charge in [-0.3, -0.25) is 4.79 Å². The molecule has 0 unspecified atom stereocenters. The fraction of sp³-hybridized carbons (Fsp3) is 0.750. The van der Waals surface area contributed by atoms with Crippen molar-refractivity contribution in [2.45, 2.75) is 37.6 Å². The van der Waals surface area contributed by atoms with Crippen molar-refractivity contribution in [3.8, 4) is 0 Å². The van der Waals surface area contributed by atoms with E-state index in [9.17, 15) is 9.90 Å². The molecule has 5 atom stereocenters. The molecular weight excluding hydrogens is 256 g/mol. The van der Waals surface area contributed by atoms with Gasteiger partial charge in [-0.15, -0.1) is 6.58 Å². The second-order valence-electron chi connectivity index (χ2n) is 4.11. The largest absolute Gasteiger partial charge is 0.454 e. The SMILES string of the molecule is C=CCO[C@H]1[C@H](O)[C@@H](CO)O[C@@H](OC)[C@H]1OC(C)=O. The third-order valence-corrected chi connectivity index (χ3v) is 2.74. The third-order valence-electron chi connectivity index (χ3n) is 2.74. The van der Waals surface area contributed by atoms with E-state index < -0.39 is 43.3 Å². The molecule has 1 fully saturated rings. The summed E-state index contributed by atoms with van der Waals surface area (Å²) in [6.07, 6.45) is -3.20. The maximum absolute atomic E-state index is 11.1. The van der Waals surface area contributed by atoms with Crippen molar-refractivity contribution in [1.29, 1.82) is 0 Å². The van der Waals surface area contributed by atoms with E-state index >= 15 is 0 Å². The van der Waals surface area contributed by atoms with E-state index in [1.54, 1.807) is 0 Å². The predicted octanol–water partition coefficient (Wildman–Crippen LogP) is -0.786. The van der Waals surface area contributed by atoms with Gasteiger partial charge in [0.25, 0.3) is 0 Å². The van der Waals surface area contributed by atoms with Crippen molar-refractivity contribution in [3.63, 3.8) is 0 Å². The van der Waals surface area contributed by atoms with Crippen molar-refractivity contribution < 1.29 is 34.0 Å². The summed E-state index contributed by atoms with van der Waals surface area (Å²) in [6.45, 7) is 4.51. The first-order valence-electron chi connectivity index (χ1n) is 5.92. The highest BCUT2D eigenvalue weighted by molar-refractivity contribution is 5.66. The van der Waals surface area contributed by atoms with Crippen LogP contribution in [0.1, 0.15) is 6.92 Å². The number of hydrogen-bond acceptors (Lipinski definition) is 7. The third kappa shape index (κ3) is 3.99. The molecule has 0 aliphatic carbocycles. The number of hydrogen-bond donors (Lipinski definition) is 2. The molecule has 1 heterocycles. The Morgan fingerprint density at radius 3 is 2.63 bits per heavy atom. The number of carbonyl (C=O) groups is 1. The van der Waals surface area contributed by atoms with Crippen LogP contribution in [0.5, 0.6) is 0 Å². The average Bonchev–Trinajstić information content (AvgIpc) is 2.38. The van der Waals surface area contributed by atoms with E-state index in [0.717, 1.165) is 0 Å². The second kappa shape index (κ2) is 7.56. The molecule has 0 saturated carbocycles. The van der Waals surface area contributed by atoms with Gasteiger partial charge in [0.1, 0.15) is 18.3 Å². The molecule has 1 aliphatic heterocycles. The molecule has 0 spiro atoms. The molecule has 0 aromatic carbocycles. The standard InChI is InChI=1S/C12H20O7/c1-4-5-17-10-9(15)8(6-13)19-12(16-3)11(10)18-7(2)14/h4,8-13,15H,1,5-6H2,2-3H3/t8-,9-,10+,11+,12-/m1/s1. The summed E-state index contributed by atoms with van der Waals surface area (Å²) < 4.78 is 20.9. The summed E-state index contributed by atoms with van der Waals surface area (Å²) >= 11 is 0. The summed E-state index contributed by atoms with van der Waals surface area (Å²) in [7, 11) is 1.37. The quantitative estimate of drug-likeness (QED) is 0.485. The first-order chi connectivity index (χ1) is 9.04. The molecule has 0 amide bonds. The Morgan fingerprint density at radius 1 is 1.47 bits per heavy atom. The summed E-state index contributed by atoms with van der Waals surface area (Å²) in [4.78, 5) is 11.1. The average molecular weight is 276 g/mol. The number of carbonyl (C=O) groups excluding carboxylic acids is 1. The fourth-order valence-electron chi connectivity index (χ4n) is 1.92. The lowest BCUT2D eigenvalue weighted by Gasteiger charge is -2.42. The van der Waals surface area contributed by atoms with Crippen molar-refractivity contribution in [3.05, 3.63) is 12.7 Å². The molecule has 110 valence electrons. The smallest absolute Gasteiger partial charge is 0.303 e. The van der Waals surface area contributed by atoms with Crippen LogP contribution in [0.15, 0.2) is 12.7 Å². The fourth-order valence-corrected chi connectivity index (χ4v) is 1.92. The van der Waals surface area contributed by atoms with E-state index in [-0.39, 0.29) is 6.61 Å². The monoisotopic (exact) mass is 276 g/mol. The highest BCUT2D eigenvalue weighted by Crippen LogP contribution is 2.26. The summed E-state index contributed by atoms with van der Waals surface area (Å²) in [6, 6.07) is 0. The summed E-state index contributed by atoms with van der Waals surface area (Å²) in [5.41, 5.74) is 0. The Morgan fingerprint density at radius 2 is 2.16 bits per heavy atom. The topological polar surface area (TPSA) is 94.5 Å². The minimum atomic E-state index is -1.14. The highest BCUT2D eigenvalue weighted by atomic mass is 16.7. The number of ether oxygens (including phenoxy) is 4. The molecule has 7 heteroatoms. The first-order valence-corrected chi connectivity index (χ1v) is 5.92. The number of aliphatic hydroxyl groups is 2. The van der Waals surface area contributed by atoms with Crippen molar-refractivity contribution in [1.82, 2.24) is 0 Å². The van der Waals surface area contributed by atoms with Gasteiger partial charge in [0, 0.05) is 14.0 Å². The first kappa shape index (κ1) is 16.1. The zero-order chi connectivity index (χ0) is 14.4. The van der Waals surface area contributed by atoms with Crippen LogP contribution in [-0.2, 0) is 23.7 Å². The van der Waals surface area contributed by atoms with Gasteiger partial charge in [0.2, 0.25) is 0 Å². The Hall–Kier alpha value is -0.990. The lowest BCUT2D eigenvalue weighted by Crippen LogP contribution is -2.61. The zero-order valence-corrected chi connectivity index (χ0v) is 11.0. The van der Waals surface area contributed by atoms with Gasteiger partial charge < -0.3 is 29.2 Å². The Kier molecular flexibility index (Phi) is 6.40. The van der Waals surface area contributed by atoms with Crippen LogP contribution in [-0.4, -0.2) is 67.2 Å². The molecule has 0 radical (unpaired) electrons. The van der Waals surface area contributed by atoms with Gasteiger partial charge in [-0.05, 0) is 0 Å². The van der Waals surface area contributed by atoms with Crippen LogP contribution in [0.25, 0.3) is 0 Å². The van der Waals surface area contributed by atoms with Crippen LogP contribution >= 0.6 is 0 Å². The molecule has 7 nitrogen and oxygen atoms in total. The molecule has 0 aromatic rings. The van der Waals surface area contributed by atoms with Crippen LogP contribution < -0.4 is 0 Å². The molecule has 0 aromatic heterocycles.